The predicted octanol–water partition coefficient (Wildman–Crippen LogP) is 1.93. The third-order valence-electron chi connectivity index (χ3n) is 3.13. The molecule has 0 saturated heterocycles. The summed E-state index contributed by atoms with van der Waals surface area (Å²) >= 11 is 0. The first kappa shape index (κ1) is 10.0. The highest BCUT2D eigenvalue weighted by atomic mass is 16.5. The fourth-order valence-corrected chi connectivity index (χ4v) is 1.82. The van der Waals surface area contributed by atoms with E-state index < -0.39 is 0 Å². The number of rotatable bonds is 6. The molecule has 1 rings (SSSR count). The Kier molecular flexibility index (Phi) is 3.53. The van der Waals surface area contributed by atoms with Crippen molar-refractivity contribution in [2.75, 3.05) is 13.7 Å². The lowest BCUT2D eigenvalue weighted by atomic mass is 9.92. The zero-order valence-electron chi connectivity index (χ0n) is 8.31. The third kappa shape index (κ3) is 2.46. The first-order valence-electron chi connectivity index (χ1n) is 4.96. The summed E-state index contributed by atoms with van der Waals surface area (Å²) < 4.78 is 5.01. The van der Waals surface area contributed by atoms with Gasteiger partial charge in [-0.15, -0.1) is 0 Å². The minimum atomic E-state index is 0.389. The molecule has 72 valence electrons. The lowest BCUT2D eigenvalue weighted by molar-refractivity contribution is 0.188. The second kappa shape index (κ2) is 4.24. The third-order valence-corrected chi connectivity index (χ3v) is 3.13. The van der Waals surface area contributed by atoms with E-state index in [1.807, 2.05) is 0 Å². The molecule has 0 spiro atoms. The predicted molar refractivity (Wildman–Crippen MR) is 51.0 cm³/mol. The van der Waals surface area contributed by atoms with E-state index in [0.717, 1.165) is 6.61 Å². The topological polar surface area (TPSA) is 35.2 Å². The van der Waals surface area contributed by atoms with Crippen molar-refractivity contribution in [3.8, 4) is 0 Å². The fourth-order valence-electron chi connectivity index (χ4n) is 1.82. The average molecular weight is 171 g/mol. The van der Waals surface area contributed by atoms with E-state index >= 15 is 0 Å². The molecule has 1 fully saturated rings. The average Bonchev–Trinajstić information content (AvgIpc) is 2.79. The van der Waals surface area contributed by atoms with Crippen molar-refractivity contribution < 1.29 is 4.74 Å². The van der Waals surface area contributed by atoms with Gasteiger partial charge in [0.2, 0.25) is 0 Å². The molecule has 0 aromatic heterocycles. The van der Waals surface area contributed by atoms with Crippen molar-refractivity contribution in [3.05, 3.63) is 0 Å². The van der Waals surface area contributed by atoms with Gasteiger partial charge in [-0.3, -0.25) is 0 Å². The van der Waals surface area contributed by atoms with E-state index in [1.54, 1.807) is 7.11 Å². The Labute approximate surface area is 75.5 Å². The number of nitrogens with two attached hydrogens (primary N) is 1. The van der Waals surface area contributed by atoms with Gasteiger partial charge in [-0.25, -0.2) is 0 Å². The molecule has 2 heteroatoms. The van der Waals surface area contributed by atoms with Crippen molar-refractivity contribution in [1.29, 1.82) is 0 Å². The molecule has 1 unspecified atom stereocenters. The van der Waals surface area contributed by atoms with Crippen LogP contribution in [-0.2, 0) is 4.74 Å². The smallest absolute Gasteiger partial charge is 0.0462 e. The summed E-state index contributed by atoms with van der Waals surface area (Å²) in [5.41, 5.74) is 6.44. The van der Waals surface area contributed by atoms with E-state index in [4.69, 9.17) is 10.5 Å². The van der Waals surface area contributed by atoms with Gasteiger partial charge >= 0.3 is 0 Å². The van der Waals surface area contributed by atoms with Crippen LogP contribution in [0.15, 0.2) is 0 Å². The van der Waals surface area contributed by atoms with Crippen LogP contribution in [0.1, 0.15) is 39.0 Å². The molecule has 0 aliphatic heterocycles. The van der Waals surface area contributed by atoms with Gasteiger partial charge in [-0.05, 0) is 38.0 Å². The Hall–Kier alpha value is -0.0800. The standard InChI is InChI=1S/C10H21NO/c1-9(11)10(6-7-10)5-3-4-8-12-2/h9H,3-8,11H2,1-2H3. The molecule has 0 aromatic carbocycles. The van der Waals surface area contributed by atoms with E-state index in [0.29, 0.717) is 11.5 Å². The largest absolute Gasteiger partial charge is 0.385 e. The van der Waals surface area contributed by atoms with Crippen LogP contribution in [0, 0.1) is 5.41 Å². The Morgan fingerprint density at radius 3 is 2.50 bits per heavy atom. The van der Waals surface area contributed by atoms with Crippen LogP contribution in [0.3, 0.4) is 0 Å². The molecule has 0 amide bonds. The summed E-state index contributed by atoms with van der Waals surface area (Å²) in [4.78, 5) is 0. The van der Waals surface area contributed by atoms with Crippen LogP contribution in [0.2, 0.25) is 0 Å². The summed E-state index contributed by atoms with van der Waals surface area (Å²) in [5, 5.41) is 0. The van der Waals surface area contributed by atoms with E-state index in [-0.39, 0.29) is 0 Å². The zero-order chi connectivity index (χ0) is 9.03. The molecule has 1 atom stereocenters. The number of hydrogen-bond donors (Lipinski definition) is 1. The van der Waals surface area contributed by atoms with Gasteiger partial charge in [-0.2, -0.15) is 0 Å². The van der Waals surface area contributed by atoms with E-state index in [2.05, 4.69) is 6.92 Å². The van der Waals surface area contributed by atoms with Crippen LogP contribution in [0.25, 0.3) is 0 Å². The highest BCUT2D eigenvalue weighted by Gasteiger charge is 2.44. The van der Waals surface area contributed by atoms with Gasteiger partial charge < -0.3 is 10.5 Å². The fraction of sp³-hybridized carbons (Fsp3) is 1.00. The maximum Gasteiger partial charge on any atom is 0.0462 e. The molecule has 12 heavy (non-hydrogen) atoms. The van der Waals surface area contributed by atoms with Crippen LogP contribution < -0.4 is 5.73 Å². The minimum absolute atomic E-state index is 0.389. The molecule has 0 radical (unpaired) electrons. The summed E-state index contributed by atoms with van der Waals surface area (Å²) in [7, 11) is 1.76. The van der Waals surface area contributed by atoms with Crippen molar-refractivity contribution in [1.82, 2.24) is 0 Å². The number of methoxy groups -OCH3 is 1. The van der Waals surface area contributed by atoms with Crippen molar-refractivity contribution >= 4 is 0 Å². The van der Waals surface area contributed by atoms with Crippen LogP contribution in [-0.4, -0.2) is 19.8 Å². The molecule has 0 aromatic rings. The summed E-state index contributed by atoms with van der Waals surface area (Å²) in [6.07, 6.45) is 6.45. The molecule has 2 nitrogen and oxygen atoms in total. The first-order valence-corrected chi connectivity index (χ1v) is 4.96. The van der Waals surface area contributed by atoms with Gasteiger partial charge in [0.15, 0.2) is 0 Å². The molecule has 1 aliphatic carbocycles. The zero-order valence-corrected chi connectivity index (χ0v) is 8.31. The highest BCUT2D eigenvalue weighted by Crippen LogP contribution is 2.51. The van der Waals surface area contributed by atoms with Gasteiger partial charge in [0.05, 0.1) is 0 Å². The van der Waals surface area contributed by atoms with E-state index in [1.165, 1.54) is 32.1 Å². The highest BCUT2D eigenvalue weighted by molar-refractivity contribution is 4.98. The van der Waals surface area contributed by atoms with Crippen molar-refractivity contribution in [2.24, 2.45) is 11.1 Å². The Balaban J connectivity index is 2.06. The normalized spacial score (nSPS) is 22.2. The van der Waals surface area contributed by atoms with Crippen LogP contribution >= 0.6 is 0 Å². The summed E-state index contributed by atoms with van der Waals surface area (Å²) in [6.45, 7) is 3.04. The van der Waals surface area contributed by atoms with Crippen molar-refractivity contribution in [2.45, 2.75) is 45.1 Å². The lowest BCUT2D eigenvalue weighted by Gasteiger charge is -2.18. The summed E-state index contributed by atoms with van der Waals surface area (Å²) in [5.74, 6) is 0. The number of unbranched alkanes of at least 4 members (excludes halogenated alkanes) is 1. The lowest BCUT2D eigenvalue weighted by Crippen LogP contribution is -2.28. The molecule has 0 bridgehead atoms. The first-order chi connectivity index (χ1) is 5.71. The minimum Gasteiger partial charge on any atom is -0.385 e. The molecule has 2 N–H and O–H groups in total. The van der Waals surface area contributed by atoms with Gasteiger partial charge in [0, 0.05) is 19.8 Å². The van der Waals surface area contributed by atoms with Crippen LogP contribution in [0.5, 0.6) is 0 Å². The van der Waals surface area contributed by atoms with Crippen molar-refractivity contribution in [3.63, 3.8) is 0 Å². The van der Waals surface area contributed by atoms with E-state index in [9.17, 15) is 0 Å². The summed E-state index contributed by atoms with van der Waals surface area (Å²) in [6, 6.07) is 0.389. The molecule has 1 aliphatic rings. The Bertz CT molecular complexity index is 130. The van der Waals surface area contributed by atoms with Crippen LogP contribution in [0.4, 0.5) is 0 Å². The molecule has 1 saturated carbocycles. The maximum absolute atomic E-state index is 5.92. The number of hydrogen-bond acceptors (Lipinski definition) is 2. The van der Waals surface area contributed by atoms with Gasteiger partial charge in [0.25, 0.3) is 0 Å². The van der Waals surface area contributed by atoms with Gasteiger partial charge in [-0.1, -0.05) is 6.42 Å². The van der Waals surface area contributed by atoms with Gasteiger partial charge in [0.1, 0.15) is 0 Å². The number of ether oxygens (including phenoxy) is 1. The molecular formula is C10H21NO. The Morgan fingerprint density at radius 1 is 1.42 bits per heavy atom. The Morgan fingerprint density at radius 2 is 2.08 bits per heavy atom. The maximum atomic E-state index is 5.92. The monoisotopic (exact) mass is 171 g/mol. The second-order valence-electron chi connectivity index (χ2n) is 4.10. The molecule has 0 heterocycles. The SMILES string of the molecule is COCCCCC1(C(C)N)CC1. The quantitative estimate of drug-likeness (QED) is 0.620. The molecular weight excluding hydrogens is 150 g/mol. The second-order valence-corrected chi connectivity index (χ2v) is 4.10.